The Balaban J connectivity index is 1.27. The minimum absolute atomic E-state index is 0.0410. The van der Waals surface area contributed by atoms with Crippen molar-refractivity contribution in [2.75, 3.05) is 44.2 Å². The topological polar surface area (TPSA) is 62.3 Å². The number of carbonyl (C=O) groups excluding carboxylic acids is 2. The molecule has 1 atom stereocenters. The van der Waals surface area contributed by atoms with Crippen LogP contribution in [0.25, 0.3) is 0 Å². The molecule has 34 heavy (non-hydrogen) atoms. The molecule has 2 aromatic rings. The standard InChI is InChI=1S/C23H23ClF3N3O4/c24-16-1-5-18(6-2-16)33-14-13-28-9-11-29(12-10-28)20-15-21(31)30(22(20)32)17-3-7-19(8-4-17)34-23(25,26)27/h1-8,20H,9-15H2/t20-/m1/s1. The summed E-state index contributed by atoms with van der Waals surface area (Å²) in [4.78, 5) is 30.8. The van der Waals surface area contributed by atoms with Gasteiger partial charge in [0.05, 0.1) is 18.2 Å². The van der Waals surface area contributed by atoms with Crippen LogP contribution in [0.15, 0.2) is 48.5 Å². The average Bonchev–Trinajstić information content (AvgIpc) is 3.09. The minimum atomic E-state index is -4.81. The SMILES string of the molecule is O=C1C[C@@H](N2CCN(CCOc3ccc(Cl)cc3)CC2)C(=O)N1c1ccc(OC(F)(F)F)cc1. The van der Waals surface area contributed by atoms with Crippen molar-refractivity contribution in [2.45, 2.75) is 18.8 Å². The van der Waals surface area contributed by atoms with Crippen LogP contribution in [0.2, 0.25) is 5.02 Å². The number of halogens is 4. The van der Waals surface area contributed by atoms with E-state index >= 15 is 0 Å². The first-order valence-corrected chi connectivity index (χ1v) is 11.1. The summed E-state index contributed by atoms with van der Waals surface area (Å²) in [5.41, 5.74) is 0.227. The summed E-state index contributed by atoms with van der Waals surface area (Å²) in [5, 5.41) is 0.648. The Bertz CT molecular complexity index is 1010. The van der Waals surface area contributed by atoms with Crippen molar-refractivity contribution >= 4 is 29.1 Å². The Labute approximate surface area is 199 Å². The third kappa shape index (κ3) is 5.99. The van der Waals surface area contributed by atoms with Crippen LogP contribution >= 0.6 is 11.6 Å². The van der Waals surface area contributed by atoms with Crippen LogP contribution in [0.5, 0.6) is 11.5 Å². The maximum atomic E-state index is 13.0. The molecule has 0 N–H and O–H groups in total. The Morgan fingerprint density at radius 1 is 0.912 bits per heavy atom. The van der Waals surface area contributed by atoms with E-state index in [1.807, 2.05) is 17.0 Å². The molecule has 2 aliphatic heterocycles. The maximum Gasteiger partial charge on any atom is 0.573 e. The van der Waals surface area contributed by atoms with Crippen molar-refractivity contribution in [2.24, 2.45) is 0 Å². The van der Waals surface area contributed by atoms with Gasteiger partial charge in [-0.25, -0.2) is 4.90 Å². The first-order chi connectivity index (χ1) is 16.2. The van der Waals surface area contributed by atoms with Crippen molar-refractivity contribution < 1.29 is 32.2 Å². The largest absolute Gasteiger partial charge is 0.573 e. The van der Waals surface area contributed by atoms with Gasteiger partial charge in [-0.05, 0) is 48.5 Å². The molecule has 7 nitrogen and oxygen atoms in total. The molecule has 0 aliphatic carbocycles. The Morgan fingerprint density at radius 3 is 2.15 bits per heavy atom. The summed E-state index contributed by atoms with van der Waals surface area (Å²) in [6.45, 7) is 3.95. The molecule has 11 heteroatoms. The van der Waals surface area contributed by atoms with Crippen molar-refractivity contribution in [1.29, 1.82) is 0 Å². The second-order valence-corrected chi connectivity index (χ2v) is 8.45. The maximum absolute atomic E-state index is 13.0. The smallest absolute Gasteiger partial charge is 0.492 e. The number of imide groups is 1. The monoisotopic (exact) mass is 497 g/mol. The van der Waals surface area contributed by atoms with Gasteiger partial charge in [-0.3, -0.25) is 19.4 Å². The summed E-state index contributed by atoms with van der Waals surface area (Å²) in [5.74, 6) is -0.411. The van der Waals surface area contributed by atoms with Gasteiger partial charge in [0.15, 0.2) is 0 Å². The van der Waals surface area contributed by atoms with Crippen molar-refractivity contribution in [3.63, 3.8) is 0 Å². The molecule has 4 rings (SSSR count). The van der Waals surface area contributed by atoms with Crippen molar-refractivity contribution in [3.05, 3.63) is 53.6 Å². The molecule has 0 aromatic heterocycles. The molecule has 2 amide bonds. The number of anilines is 1. The second kappa shape index (κ2) is 10.2. The van der Waals surface area contributed by atoms with E-state index < -0.39 is 18.2 Å². The quantitative estimate of drug-likeness (QED) is 0.545. The molecule has 2 fully saturated rings. The zero-order valence-electron chi connectivity index (χ0n) is 18.1. The third-order valence-electron chi connectivity index (χ3n) is 5.79. The number of nitrogens with zero attached hydrogens (tertiary/aromatic N) is 3. The predicted octanol–water partition coefficient (Wildman–Crippen LogP) is 3.57. The highest BCUT2D eigenvalue weighted by molar-refractivity contribution is 6.30. The van der Waals surface area contributed by atoms with Gasteiger partial charge in [0.25, 0.3) is 5.91 Å². The first kappa shape index (κ1) is 24.3. The van der Waals surface area contributed by atoms with Gasteiger partial charge in [-0.1, -0.05) is 11.6 Å². The summed E-state index contributed by atoms with van der Waals surface area (Å²) >= 11 is 5.87. The molecule has 0 spiro atoms. The molecule has 2 aliphatic rings. The van der Waals surface area contributed by atoms with Gasteiger partial charge in [0, 0.05) is 37.7 Å². The second-order valence-electron chi connectivity index (χ2n) is 8.01. The van der Waals surface area contributed by atoms with Crippen LogP contribution < -0.4 is 14.4 Å². The van der Waals surface area contributed by atoms with Crippen LogP contribution in [0, 0.1) is 0 Å². The van der Waals surface area contributed by atoms with Gasteiger partial charge in [-0.15, -0.1) is 13.2 Å². The lowest BCUT2D eigenvalue weighted by Crippen LogP contribution is -2.53. The number of amides is 2. The van der Waals surface area contributed by atoms with Crippen molar-refractivity contribution in [3.8, 4) is 11.5 Å². The molecular formula is C23H23ClF3N3O4. The van der Waals surface area contributed by atoms with Gasteiger partial charge in [0.1, 0.15) is 18.1 Å². The summed E-state index contributed by atoms with van der Waals surface area (Å²) < 4.78 is 46.6. The highest BCUT2D eigenvalue weighted by atomic mass is 35.5. The Kier molecular flexibility index (Phi) is 7.30. The number of rotatable bonds is 7. The molecule has 2 aromatic carbocycles. The number of carbonyl (C=O) groups is 2. The van der Waals surface area contributed by atoms with Gasteiger partial charge in [-0.2, -0.15) is 0 Å². The van der Waals surface area contributed by atoms with E-state index in [4.69, 9.17) is 16.3 Å². The van der Waals surface area contributed by atoms with E-state index in [9.17, 15) is 22.8 Å². The molecular weight excluding hydrogens is 475 g/mol. The van der Waals surface area contributed by atoms with Crippen LogP contribution in [0.3, 0.4) is 0 Å². The number of benzene rings is 2. The number of alkyl halides is 3. The fraction of sp³-hybridized carbons (Fsp3) is 0.391. The Morgan fingerprint density at radius 2 is 1.53 bits per heavy atom. The molecule has 2 heterocycles. The zero-order valence-corrected chi connectivity index (χ0v) is 18.9. The first-order valence-electron chi connectivity index (χ1n) is 10.8. The van der Waals surface area contributed by atoms with E-state index in [-0.39, 0.29) is 23.9 Å². The average molecular weight is 498 g/mol. The minimum Gasteiger partial charge on any atom is -0.492 e. The molecule has 0 unspecified atom stereocenters. The third-order valence-corrected chi connectivity index (χ3v) is 6.04. The highest BCUT2D eigenvalue weighted by Gasteiger charge is 2.43. The number of hydrogen-bond acceptors (Lipinski definition) is 6. The molecule has 0 saturated carbocycles. The van der Waals surface area contributed by atoms with E-state index in [0.717, 1.165) is 42.4 Å². The van der Waals surface area contributed by atoms with E-state index in [1.54, 1.807) is 12.1 Å². The molecule has 182 valence electrons. The normalized spacial score (nSPS) is 20.1. The van der Waals surface area contributed by atoms with E-state index in [0.29, 0.717) is 24.7 Å². The number of ether oxygens (including phenoxy) is 2. The summed E-state index contributed by atoms with van der Waals surface area (Å²) in [7, 11) is 0. The summed E-state index contributed by atoms with van der Waals surface area (Å²) in [6, 6.07) is 11.3. The molecule has 0 bridgehead atoms. The van der Waals surface area contributed by atoms with E-state index in [1.165, 1.54) is 12.1 Å². The summed E-state index contributed by atoms with van der Waals surface area (Å²) in [6.07, 6.45) is -4.77. The van der Waals surface area contributed by atoms with Crippen LogP contribution in [0.4, 0.5) is 18.9 Å². The Hall–Kier alpha value is -2.82. The fourth-order valence-corrected chi connectivity index (χ4v) is 4.22. The van der Waals surface area contributed by atoms with Crippen LogP contribution in [0.1, 0.15) is 6.42 Å². The van der Waals surface area contributed by atoms with Gasteiger partial charge >= 0.3 is 6.36 Å². The lowest BCUT2D eigenvalue weighted by atomic mass is 10.1. The van der Waals surface area contributed by atoms with E-state index in [2.05, 4.69) is 9.64 Å². The van der Waals surface area contributed by atoms with Crippen LogP contribution in [-0.4, -0.2) is 73.3 Å². The van der Waals surface area contributed by atoms with Crippen molar-refractivity contribution in [1.82, 2.24) is 9.80 Å². The van der Waals surface area contributed by atoms with Gasteiger partial charge < -0.3 is 9.47 Å². The lowest BCUT2D eigenvalue weighted by molar-refractivity contribution is -0.274. The molecule has 0 radical (unpaired) electrons. The predicted molar refractivity (Wildman–Crippen MR) is 119 cm³/mol. The van der Waals surface area contributed by atoms with Crippen LogP contribution in [-0.2, 0) is 9.59 Å². The number of piperazine rings is 1. The van der Waals surface area contributed by atoms with Gasteiger partial charge in [0.2, 0.25) is 5.91 Å². The number of hydrogen-bond donors (Lipinski definition) is 0. The highest BCUT2D eigenvalue weighted by Crippen LogP contribution is 2.29. The molecule has 2 saturated heterocycles. The fourth-order valence-electron chi connectivity index (χ4n) is 4.09. The lowest BCUT2D eigenvalue weighted by Gasteiger charge is -2.36. The zero-order chi connectivity index (χ0) is 24.3.